The zero-order valence-electron chi connectivity index (χ0n) is 16.4. The molecular weight excluding hydrogens is 362 g/mol. The molecule has 0 N–H and O–H groups in total. The lowest BCUT2D eigenvalue weighted by Crippen LogP contribution is -2.49. The minimum absolute atomic E-state index is 0.0607. The van der Waals surface area contributed by atoms with Crippen molar-refractivity contribution in [2.24, 2.45) is 0 Å². The van der Waals surface area contributed by atoms with Crippen LogP contribution in [0.1, 0.15) is 37.7 Å². The molecule has 0 unspecified atom stereocenters. The Morgan fingerprint density at radius 2 is 1.81 bits per heavy atom. The Morgan fingerprint density at radius 1 is 1.15 bits per heavy atom. The van der Waals surface area contributed by atoms with Gasteiger partial charge in [-0.15, -0.1) is 0 Å². The topological polar surface area (TPSA) is 60.9 Å². The maximum absolute atomic E-state index is 12.6. The average Bonchev–Trinajstić information content (AvgIpc) is 3.15. The lowest BCUT2D eigenvalue weighted by Gasteiger charge is -2.36. The summed E-state index contributed by atoms with van der Waals surface area (Å²) in [6, 6.07) is 8.50. The summed E-state index contributed by atoms with van der Waals surface area (Å²) >= 11 is 0. The van der Waals surface area contributed by atoms with E-state index in [1.165, 1.54) is 17.5 Å². The Balaban J connectivity index is 1.51. The van der Waals surface area contributed by atoms with Gasteiger partial charge < -0.3 is 9.80 Å². The number of hydrogen-bond acceptors (Lipinski definition) is 4. The summed E-state index contributed by atoms with van der Waals surface area (Å²) < 4.78 is 25.8. The van der Waals surface area contributed by atoms with Crippen LogP contribution in [0.5, 0.6) is 0 Å². The Bertz CT molecular complexity index is 751. The lowest BCUT2D eigenvalue weighted by molar-refractivity contribution is -0.131. The van der Waals surface area contributed by atoms with E-state index in [9.17, 15) is 13.2 Å². The zero-order chi connectivity index (χ0) is 19.4. The molecule has 0 atom stereocenters. The van der Waals surface area contributed by atoms with Gasteiger partial charge in [-0.1, -0.05) is 25.0 Å². The number of amides is 1. The molecule has 2 fully saturated rings. The standard InChI is InChI=1S/C20H31N3O3S/c1-17-6-5-9-19(16-17)21-12-14-22(15-13-21)20(24)10-11-23(27(2,25)26)18-7-3-4-8-18/h5-6,9,16,18H,3-4,7-8,10-15H2,1-2H3. The van der Waals surface area contributed by atoms with Gasteiger partial charge in [-0.05, 0) is 37.5 Å². The van der Waals surface area contributed by atoms with Gasteiger partial charge >= 0.3 is 0 Å². The molecule has 1 aromatic carbocycles. The van der Waals surface area contributed by atoms with Crippen LogP contribution in [-0.2, 0) is 14.8 Å². The number of sulfonamides is 1. The summed E-state index contributed by atoms with van der Waals surface area (Å²) in [5.74, 6) is 0.0607. The van der Waals surface area contributed by atoms with Crippen molar-refractivity contribution in [2.45, 2.75) is 45.1 Å². The molecule has 7 heteroatoms. The van der Waals surface area contributed by atoms with E-state index in [0.717, 1.165) is 38.8 Å². The number of carbonyl (C=O) groups excluding carboxylic acids is 1. The van der Waals surface area contributed by atoms with Gasteiger partial charge in [0.1, 0.15) is 0 Å². The molecule has 0 spiro atoms. The molecule has 1 saturated carbocycles. The fourth-order valence-electron chi connectivity index (χ4n) is 4.21. The molecule has 1 aliphatic carbocycles. The molecule has 0 radical (unpaired) electrons. The number of aryl methyl sites for hydroxylation is 1. The molecule has 6 nitrogen and oxygen atoms in total. The first-order valence-electron chi connectivity index (χ1n) is 9.91. The van der Waals surface area contributed by atoms with E-state index in [-0.39, 0.29) is 18.4 Å². The summed E-state index contributed by atoms with van der Waals surface area (Å²) in [5.41, 5.74) is 2.44. The molecule has 2 aliphatic rings. The van der Waals surface area contributed by atoms with Crippen LogP contribution in [0.4, 0.5) is 5.69 Å². The Labute approximate surface area is 163 Å². The fourth-order valence-corrected chi connectivity index (χ4v) is 5.39. The van der Waals surface area contributed by atoms with Crippen LogP contribution >= 0.6 is 0 Å². The van der Waals surface area contributed by atoms with Gasteiger partial charge in [0, 0.05) is 50.9 Å². The average molecular weight is 394 g/mol. The molecule has 0 bridgehead atoms. The molecular formula is C20H31N3O3S. The van der Waals surface area contributed by atoms with E-state index >= 15 is 0 Å². The highest BCUT2D eigenvalue weighted by Gasteiger charge is 2.30. The number of benzene rings is 1. The normalized spacial score (nSPS) is 19.1. The second-order valence-corrected chi connectivity index (χ2v) is 9.70. The van der Waals surface area contributed by atoms with Crippen LogP contribution in [0.3, 0.4) is 0 Å². The molecule has 3 rings (SSSR count). The van der Waals surface area contributed by atoms with Gasteiger partial charge in [0.05, 0.1) is 6.26 Å². The van der Waals surface area contributed by atoms with Crippen molar-refractivity contribution in [1.29, 1.82) is 0 Å². The molecule has 27 heavy (non-hydrogen) atoms. The molecule has 1 aliphatic heterocycles. The second-order valence-electron chi connectivity index (χ2n) is 7.77. The molecule has 0 aromatic heterocycles. The molecule has 150 valence electrons. The molecule has 1 heterocycles. The summed E-state index contributed by atoms with van der Waals surface area (Å²) in [4.78, 5) is 16.8. The monoisotopic (exact) mass is 393 g/mol. The molecule has 1 saturated heterocycles. The zero-order valence-corrected chi connectivity index (χ0v) is 17.2. The van der Waals surface area contributed by atoms with Crippen LogP contribution in [0.15, 0.2) is 24.3 Å². The molecule has 1 amide bonds. The first-order valence-corrected chi connectivity index (χ1v) is 11.8. The maximum atomic E-state index is 12.6. The van der Waals surface area contributed by atoms with E-state index in [2.05, 4.69) is 36.1 Å². The summed E-state index contributed by atoms with van der Waals surface area (Å²) in [6.07, 6.45) is 5.51. The SMILES string of the molecule is Cc1cccc(N2CCN(C(=O)CCN(C3CCCC3)S(C)(=O)=O)CC2)c1. The van der Waals surface area contributed by atoms with Gasteiger partial charge in [0.15, 0.2) is 0 Å². The highest BCUT2D eigenvalue weighted by atomic mass is 32.2. The van der Waals surface area contributed by atoms with Crippen LogP contribution in [0, 0.1) is 6.92 Å². The highest BCUT2D eigenvalue weighted by molar-refractivity contribution is 7.88. The molecule has 1 aromatic rings. The van der Waals surface area contributed by atoms with Crippen molar-refractivity contribution in [2.75, 3.05) is 43.9 Å². The Morgan fingerprint density at radius 3 is 2.41 bits per heavy atom. The quantitative estimate of drug-likeness (QED) is 0.744. The van der Waals surface area contributed by atoms with Crippen LogP contribution in [-0.4, -0.2) is 68.6 Å². The van der Waals surface area contributed by atoms with Crippen molar-refractivity contribution in [3.05, 3.63) is 29.8 Å². The van der Waals surface area contributed by atoms with E-state index in [1.807, 2.05) is 4.90 Å². The summed E-state index contributed by atoms with van der Waals surface area (Å²) in [5, 5.41) is 0. The smallest absolute Gasteiger partial charge is 0.224 e. The van der Waals surface area contributed by atoms with E-state index in [1.54, 1.807) is 4.31 Å². The van der Waals surface area contributed by atoms with Gasteiger partial charge in [-0.25, -0.2) is 8.42 Å². The van der Waals surface area contributed by atoms with E-state index in [4.69, 9.17) is 0 Å². The van der Waals surface area contributed by atoms with Crippen LogP contribution < -0.4 is 4.90 Å². The lowest BCUT2D eigenvalue weighted by atomic mass is 10.2. The van der Waals surface area contributed by atoms with Crippen molar-refractivity contribution in [3.63, 3.8) is 0 Å². The Hall–Kier alpha value is -1.60. The van der Waals surface area contributed by atoms with Gasteiger partial charge in [0.25, 0.3) is 0 Å². The summed E-state index contributed by atoms with van der Waals surface area (Å²) in [6.45, 7) is 5.40. The fraction of sp³-hybridized carbons (Fsp3) is 0.650. The Kier molecular flexibility index (Phi) is 6.42. The van der Waals surface area contributed by atoms with Crippen molar-refractivity contribution in [3.8, 4) is 0 Å². The third kappa shape index (κ3) is 5.23. The van der Waals surface area contributed by atoms with Gasteiger partial charge in [0.2, 0.25) is 15.9 Å². The predicted octanol–water partition coefficient (Wildman–Crippen LogP) is 2.24. The van der Waals surface area contributed by atoms with E-state index < -0.39 is 10.0 Å². The number of hydrogen-bond donors (Lipinski definition) is 0. The van der Waals surface area contributed by atoms with Gasteiger partial charge in [-0.2, -0.15) is 4.31 Å². The summed E-state index contributed by atoms with van der Waals surface area (Å²) in [7, 11) is -3.27. The first kappa shape index (κ1) is 20.1. The third-order valence-corrected chi connectivity index (χ3v) is 7.04. The number of rotatable bonds is 6. The predicted molar refractivity (Wildman–Crippen MR) is 108 cm³/mol. The minimum atomic E-state index is -3.27. The van der Waals surface area contributed by atoms with Crippen LogP contribution in [0.2, 0.25) is 0 Å². The van der Waals surface area contributed by atoms with Crippen molar-refractivity contribution >= 4 is 21.6 Å². The van der Waals surface area contributed by atoms with Crippen LogP contribution in [0.25, 0.3) is 0 Å². The largest absolute Gasteiger partial charge is 0.368 e. The number of carbonyl (C=O) groups is 1. The van der Waals surface area contributed by atoms with Crippen molar-refractivity contribution in [1.82, 2.24) is 9.21 Å². The number of anilines is 1. The first-order chi connectivity index (χ1) is 12.8. The number of nitrogens with zero attached hydrogens (tertiary/aromatic N) is 3. The minimum Gasteiger partial charge on any atom is -0.368 e. The third-order valence-electron chi connectivity index (χ3n) is 5.70. The van der Waals surface area contributed by atoms with Crippen molar-refractivity contribution < 1.29 is 13.2 Å². The maximum Gasteiger partial charge on any atom is 0.224 e. The van der Waals surface area contributed by atoms with Gasteiger partial charge in [-0.3, -0.25) is 4.79 Å². The van der Waals surface area contributed by atoms with E-state index in [0.29, 0.717) is 19.6 Å². The number of piperazine rings is 1. The highest BCUT2D eigenvalue weighted by Crippen LogP contribution is 2.25. The second kappa shape index (κ2) is 8.61.